The monoisotopic (exact) mass is 398 g/mol. The number of carbonyl (C=O) groups is 2. The number of aromatic nitrogens is 1. The minimum absolute atomic E-state index is 0.124. The van der Waals surface area contributed by atoms with E-state index >= 15 is 0 Å². The van der Waals surface area contributed by atoms with E-state index in [1.54, 1.807) is 0 Å². The Morgan fingerprint density at radius 3 is 2.81 bits per heavy atom. The molecule has 4 rings (SSSR count). The van der Waals surface area contributed by atoms with Crippen molar-refractivity contribution in [2.75, 3.05) is 6.61 Å². The molecule has 27 heavy (non-hydrogen) atoms. The van der Waals surface area contributed by atoms with Crippen LogP contribution in [-0.2, 0) is 16.1 Å². The summed E-state index contributed by atoms with van der Waals surface area (Å²) in [6.07, 6.45) is 0.219. The zero-order valence-electron chi connectivity index (χ0n) is 14.8. The molecule has 7 heteroatoms. The summed E-state index contributed by atoms with van der Waals surface area (Å²) in [5.74, 6) is 0.551. The van der Waals surface area contributed by atoms with Gasteiger partial charge in [0, 0.05) is 6.42 Å². The van der Waals surface area contributed by atoms with Crippen molar-refractivity contribution in [2.45, 2.75) is 29.5 Å². The molecule has 1 aromatic heterocycles. The predicted octanol–water partition coefficient (Wildman–Crippen LogP) is 4.11. The van der Waals surface area contributed by atoms with Gasteiger partial charge in [0.2, 0.25) is 11.8 Å². The van der Waals surface area contributed by atoms with Crippen LogP contribution in [0, 0.1) is 0 Å². The second kappa shape index (κ2) is 7.70. The third-order valence-corrected chi connectivity index (χ3v) is 6.58. The molecule has 1 aliphatic rings. The predicted molar refractivity (Wildman–Crippen MR) is 107 cm³/mol. The van der Waals surface area contributed by atoms with Crippen LogP contribution in [0.2, 0.25) is 0 Å². The number of amides is 2. The largest absolute Gasteiger partial charge is 0.494 e. The van der Waals surface area contributed by atoms with Gasteiger partial charge in [-0.05, 0) is 30.7 Å². The van der Waals surface area contributed by atoms with Gasteiger partial charge >= 0.3 is 0 Å². The zero-order chi connectivity index (χ0) is 18.8. The Bertz CT molecular complexity index is 987. The number of carbonyl (C=O) groups excluding carboxylic acids is 2. The first-order valence-corrected chi connectivity index (χ1v) is 10.4. The minimum atomic E-state index is -0.409. The molecular weight excluding hydrogens is 380 g/mol. The molecule has 2 heterocycles. The van der Waals surface area contributed by atoms with Crippen molar-refractivity contribution in [3.05, 3.63) is 54.1 Å². The van der Waals surface area contributed by atoms with E-state index in [-0.39, 0.29) is 18.2 Å². The highest BCUT2D eigenvalue weighted by Gasteiger charge is 2.39. The van der Waals surface area contributed by atoms with E-state index in [2.05, 4.69) is 4.98 Å². The summed E-state index contributed by atoms with van der Waals surface area (Å²) in [6.45, 7) is 2.89. The standard InChI is InChI=1S/C20H18N2O3S2/c1-2-25-14-8-9-15-16(10-14)26-20(21-15)27-17-11-18(23)22(19(17)24)12-13-6-4-3-5-7-13/h3-10,17H,2,11-12H2,1H3. The lowest BCUT2D eigenvalue weighted by atomic mass is 10.2. The maximum absolute atomic E-state index is 12.7. The highest BCUT2D eigenvalue weighted by atomic mass is 32.2. The van der Waals surface area contributed by atoms with Crippen LogP contribution in [0.3, 0.4) is 0 Å². The van der Waals surface area contributed by atoms with Gasteiger partial charge in [0.25, 0.3) is 0 Å². The summed E-state index contributed by atoms with van der Waals surface area (Å²) < 4.78 is 7.34. The number of thioether (sulfide) groups is 1. The van der Waals surface area contributed by atoms with Gasteiger partial charge < -0.3 is 4.74 Å². The fourth-order valence-electron chi connectivity index (χ4n) is 2.99. The van der Waals surface area contributed by atoms with E-state index in [1.807, 2.05) is 55.5 Å². The molecule has 1 saturated heterocycles. The zero-order valence-corrected chi connectivity index (χ0v) is 16.4. The number of imide groups is 1. The molecule has 0 spiro atoms. The molecule has 1 aliphatic heterocycles. The number of thiazole rings is 1. The molecule has 0 bridgehead atoms. The first-order chi connectivity index (χ1) is 13.1. The SMILES string of the molecule is CCOc1ccc2nc(SC3CC(=O)N(Cc4ccccc4)C3=O)sc2c1. The van der Waals surface area contributed by atoms with Crippen molar-refractivity contribution < 1.29 is 14.3 Å². The first-order valence-electron chi connectivity index (χ1n) is 8.72. The molecule has 1 fully saturated rings. The first kappa shape index (κ1) is 18.0. The average molecular weight is 399 g/mol. The van der Waals surface area contributed by atoms with Gasteiger partial charge in [-0.2, -0.15) is 0 Å². The van der Waals surface area contributed by atoms with Crippen LogP contribution in [0.4, 0.5) is 0 Å². The molecular formula is C20H18N2O3S2. The number of benzene rings is 2. The van der Waals surface area contributed by atoms with E-state index < -0.39 is 5.25 Å². The minimum Gasteiger partial charge on any atom is -0.494 e. The normalized spacial score (nSPS) is 17.1. The lowest BCUT2D eigenvalue weighted by Gasteiger charge is -2.14. The molecule has 1 unspecified atom stereocenters. The Morgan fingerprint density at radius 1 is 1.22 bits per heavy atom. The highest BCUT2D eigenvalue weighted by molar-refractivity contribution is 8.02. The Morgan fingerprint density at radius 2 is 2.04 bits per heavy atom. The quantitative estimate of drug-likeness (QED) is 0.585. The van der Waals surface area contributed by atoms with E-state index in [1.165, 1.54) is 28.0 Å². The Labute approximate surface area is 165 Å². The number of fused-ring (bicyclic) bond motifs is 1. The lowest BCUT2D eigenvalue weighted by Crippen LogP contribution is -2.30. The van der Waals surface area contributed by atoms with Crippen molar-refractivity contribution in [3.8, 4) is 5.75 Å². The molecule has 3 aromatic rings. The maximum Gasteiger partial charge on any atom is 0.243 e. The van der Waals surface area contributed by atoms with Crippen LogP contribution in [0.25, 0.3) is 10.2 Å². The van der Waals surface area contributed by atoms with Crippen molar-refractivity contribution in [1.29, 1.82) is 0 Å². The molecule has 5 nitrogen and oxygen atoms in total. The molecule has 0 radical (unpaired) electrons. The molecule has 2 amide bonds. The number of hydrogen-bond donors (Lipinski definition) is 0. The number of hydrogen-bond acceptors (Lipinski definition) is 6. The van der Waals surface area contributed by atoms with E-state index in [4.69, 9.17) is 4.74 Å². The number of likely N-dealkylation sites (tertiary alicyclic amines) is 1. The topological polar surface area (TPSA) is 59.5 Å². The Kier molecular flexibility index (Phi) is 5.13. The summed E-state index contributed by atoms with van der Waals surface area (Å²) in [4.78, 5) is 31.0. The highest BCUT2D eigenvalue weighted by Crippen LogP contribution is 2.37. The molecule has 0 aliphatic carbocycles. The van der Waals surface area contributed by atoms with Gasteiger partial charge in [-0.15, -0.1) is 11.3 Å². The fourth-order valence-corrected chi connectivity index (χ4v) is 5.37. The van der Waals surface area contributed by atoms with Gasteiger partial charge in [-0.1, -0.05) is 42.1 Å². The lowest BCUT2D eigenvalue weighted by molar-refractivity contribution is -0.138. The molecule has 0 N–H and O–H groups in total. The van der Waals surface area contributed by atoms with Crippen LogP contribution in [-0.4, -0.2) is 33.6 Å². The smallest absolute Gasteiger partial charge is 0.243 e. The van der Waals surface area contributed by atoms with Crippen molar-refractivity contribution >= 4 is 45.1 Å². The third kappa shape index (κ3) is 3.84. The van der Waals surface area contributed by atoms with Crippen LogP contribution in [0.1, 0.15) is 18.9 Å². The van der Waals surface area contributed by atoms with Crippen LogP contribution in [0.15, 0.2) is 52.9 Å². The summed E-state index contributed by atoms with van der Waals surface area (Å²) in [7, 11) is 0. The van der Waals surface area contributed by atoms with Crippen LogP contribution in [0.5, 0.6) is 5.75 Å². The van der Waals surface area contributed by atoms with Crippen molar-refractivity contribution in [2.24, 2.45) is 0 Å². The summed E-state index contributed by atoms with van der Waals surface area (Å²) in [6, 6.07) is 15.4. The van der Waals surface area contributed by atoms with Gasteiger partial charge in [0.15, 0.2) is 4.34 Å². The van der Waals surface area contributed by atoms with Gasteiger partial charge in [0.05, 0.1) is 28.6 Å². The third-order valence-electron chi connectivity index (χ3n) is 4.28. The summed E-state index contributed by atoms with van der Waals surface area (Å²) >= 11 is 2.90. The van der Waals surface area contributed by atoms with E-state index in [9.17, 15) is 9.59 Å². The average Bonchev–Trinajstić information content (AvgIpc) is 3.18. The molecule has 0 saturated carbocycles. The van der Waals surface area contributed by atoms with E-state index in [0.717, 1.165) is 25.9 Å². The fraction of sp³-hybridized carbons (Fsp3) is 0.250. The summed E-state index contributed by atoms with van der Waals surface area (Å²) in [5, 5.41) is -0.409. The van der Waals surface area contributed by atoms with Gasteiger partial charge in [-0.25, -0.2) is 4.98 Å². The Hall–Kier alpha value is -2.38. The van der Waals surface area contributed by atoms with Crippen LogP contribution >= 0.6 is 23.1 Å². The molecule has 2 aromatic carbocycles. The summed E-state index contributed by atoms with van der Waals surface area (Å²) in [5.41, 5.74) is 1.83. The van der Waals surface area contributed by atoms with Crippen LogP contribution < -0.4 is 4.74 Å². The second-order valence-corrected chi connectivity index (χ2v) is 8.64. The second-order valence-electron chi connectivity index (χ2n) is 6.16. The number of ether oxygens (including phenoxy) is 1. The van der Waals surface area contributed by atoms with E-state index in [0.29, 0.717) is 13.2 Å². The molecule has 138 valence electrons. The number of nitrogens with zero attached hydrogens (tertiary/aromatic N) is 2. The number of rotatable bonds is 6. The Balaban J connectivity index is 1.48. The van der Waals surface area contributed by atoms with Crippen molar-refractivity contribution in [3.63, 3.8) is 0 Å². The molecule has 1 atom stereocenters. The maximum atomic E-state index is 12.7. The van der Waals surface area contributed by atoms with Crippen molar-refractivity contribution in [1.82, 2.24) is 9.88 Å². The van der Waals surface area contributed by atoms with Gasteiger partial charge in [-0.3, -0.25) is 14.5 Å². The van der Waals surface area contributed by atoms with Gasteiger partial charge in [0.1, 0.15) is 5.75 Å².